The molecular weight excluding hydrogens is 1230 g/mol. The summed E-state index contributed by atoms with van der Waals surface area (Å²) in [5, 5.41) is 10.1. The third-order valence-electron chi connectivity index (χ3n) is 10.7. The zero-order chi connectivity index (χ0) is 56.5. The van der Waals surface area contributed by atoms with Crippen LogP contribution in [-0.4, -0.2) is 118 Å². The fourth-order valence-electron chi connectivity index (χ4n) is 6.92. The van der Waals surface area contributed by atoms with Crippen molar-refractivity contribution in [1.29, 1.82) is 0 Å². The molecule has 0 bridgehead atoms. The van der Waals surface area contributed by atoms with Crippen LogP contribution in [0.4, 0.5) is 23.2 Å². The second-order valence-electron chi connectivity index (χ2n) is 16.8. The van der Waals surface area contributed by atoms with Crippen LogP contribution in [0.3, 0.4) is 0 Å². The molecule has 0 spiro atoms. The molecule has 1 atom stereocenters. The Kier molecular flexibility index (Phi) is 26.3. The number of aryl methyl sites for hydroxylation is 1. The van der Waals surface area contributed by atoms with Crippen LogP contribution >= 0.6 is 0 Å². The van der Waals surface area contributed by atoms with Gasteiger partial charge >= 0.3 is 0 Å². The van der Waals surface area contributed by atoms with Gasteiger partial charge in [0.25, 0.3) is 11.8 Å². The number of benzene rings is 2. The molecule has 7 rings (SSSR count). The molecule has 25 heteroatoms. The van der Waals surface area contributed by atoms with Gasteiger partial charge in [0.1, 0.15) is 6.04 Å². The van der Waals surface area contributed by atoms with Gasteiger partial charge in [0, 0.05) is 118 Å². The molecule has 1 unspecified atom stereocenters. The molecule has 1 radical (unpaired) electrons. The van der Waals surface area contributed by atoms with Crippen molar-refractivity contribution < 1.29 is 84.1 Å². The molecule has 6 aromatic rings. The molecule has 5 heterocycles. The summed E-state index contributed by atoms with van der Waals surface area (Å²) in [4.78, 5) is 90.0. The average Bonchev–Trinajstić information content (AvgIpc) is 3.73. The van der Waals surface area contributed by atoms with E-state index < -0.39 is 68.8 Å². The molecule has 6 amide bonds. The van der Waals surface area contributed by atoms with Gasteiger partial charge in [-0.15, -0.1) is 24.3 Å². The molecule has 1 aliphatic rings. The fraction of sp³-hybridized carbons (Fsp3) is 0.259. The topological polar surface area (TPSA) is 272 Å². The molecule has 419 valence electrons. The number of carbonyl (C=O) groups excluding carboxylic acids is 6. The number of carbonyl (C=O) groups is 6. The number of pyridine rings is 4. The van der Waals surface area contributed by atoms with Crippen LogP contribution in [-0.2, 0) is 63.7 Å². The van der Waals surface area contributed by atoms with Crippen LogP contribution in [0.2, 0.25) is 0 Å². The molecule has 19 nitrogen and oxygen atoms in total. The summed E-state index contributed by atoms with van der Waals surface area (Å²) in [7, 11) is -4.88. The Hall–Kier alpha value is -7.96. The van der Waals surface area contributed by atoms with Gasteiger partial charge in [0.2, 0.25) is 23.6 Å². The Labute approximate surface area is 466 Å². The van der Waals surface area contributed by atoms with Crippen molar-refractivity contribution in [3.63, 3.8) is 0 Å². The number of unbranched alkanes of at least 4 members (excludes halogenated alkanes) is 1. The average molecular weight is 1290 g/mol. The maximum atomic E-state index is 13.2. The molecule has 2 aromatic carbocycles. The molecule has 4 aromatic heterocycles. The first kappa shape index (κ1) is 63.6. The van der Waals surface area contributed by atoms with Gasteiger partial charge in [-0.1, -0.05) is 47.5 Å². The van der Waals surface area contributed by atoms with Crippen molar-refractivity contribution >= 4 is 51.2 Å². The van der Waals surface area contributed by atoms with Gasteiger partial charge in [-0.25, -0.2) is 8.42 Å². The Balaban J connectivity index is 0.000000370. The van der Waals surface area contributed by atoms with Crippen LogP contribution in [0.1, 0.15) is 44.1 Å². The Morgan fingerprint density at radius 3 is 1.77 bits per heavy atom. The molecule has 0 saturated heterocycles. The van der Waals surface area contributed by atoms with Crippen molar-refractivity contribution in [1.82, 2.24) is 40.8 Å². The normalized spacial score (nSPS) is 11.9. The molecule has 0 aliphatic carbocycles. The summed E-state index contributed by atoms with van der Waals surface area (Å²) in [6.07, 6.45) is 9.33. The zero-order valence-electron chi connectivity index (χ0n) is 42.2. The third kappa shape index (κ3) is 22.9. The Morgan fingerprint density at radius 1 is 0.658 bits per heavy atom. The molecule has 0 saturated carbocycles. The van der Waals surface area contributed by atoms with Crippen LogP contribution in [0, 0.1) is 42.3 Å². The Morgan fingerprint density at radius 2 is 1.22 bits per heavy atom. The van der Waals surface area contributed by atoms with E-state index in [1.54, 1.807) is 67.1 Å². The van der Waals surface area contributed by atoms with E-state index in [1.807, 2.05) is 19.1 Å². The van der Waals surface area contributed by atoms with Gasteiger partial charge < -0.3 is 40.5 Å². The van der Waals surface area contributed by atoms with Crippen molar-refractivity contribution in [2.75, 3.05) is 43.9 Å². The predicted octanol–water partition coefficient (Wildman–Crippen LogP) is 5.59. The van der Waals surface area contributed by atoms with Gasteiger partial charge in [0.05, 0.1) is 47.0 Å². The summed E-state index contributed by atoms with van der Waals surface area (Å²) in [6.45, 7) is 2.60. The molecule has 1 aliphatic heterocycles. The fourth-order valence-corrected chi connectivity index (χ4v) is 7.56. The van der Waals surface area contributed by atoms with Crippen LogP contribution in [0.15, 0.2) is 122 Å². The zero-order valence-corrected chi connectivity index (χ0v) is 45.4. The minimum atomic E-state index is -4.88. The number of ether oxygens (including phenoxy) is 1. The quantitative estimate of drug-likeness (QED) is 0.0200. The smallest absolute Gasteiger partial charge is 0.253 e. The summed E-state index contributed by atoms with van der Waals surface area (Å²) in [6, 6.07) is 24.4. The van der Waals surface area contributed by atoms with Gasteiger partial charge in [-0.05, 0) is 79.5 Å². The van der Waals surface area contributed by atoms with E-state index in [1.165, 1.54) is 18.3 Å². The van der Waals surface area contributed by atoms with E-state index in [0.717, 1.165) is 34.7 Å². The van der Waals surface area contributed by atoms with Crippen LogP contribution < -0.4 is 21.3 Å². The van der Waals surface area contributed by atoms with Gasteiger partial charge in [-0.3, -0.25) is 61.2 Å². The number of imide groups is 1. The largest absolute Gasteiger partial charge is 0.748 e. The predicted molar refractivity (Wildman–Crippen MR) is 275 cm³/mol. The van der Waals surface area contributed by atoms with E-state index >= 15 is 0 Å². The Bertz CT molecular complexity index is 3060. The maximum Gasteiger partial charge on any atom is 0.253 e. The van der Waals surface area contributed by atoms with Crippen LogP contribution in [0.25, 0.3) is 33.9 Å². The third-order valence-corrected chi connectivity index (χ3v) is 11.4. The monoisotopic (exact) mass is 1290 g/mol. The number of hydrogen-bond acceptors (Lipinski definition) is 14. The van der Waals surface area contributed by atoms with Gasteiger partial charge in [0.15, 0.2) is 0 Å². The summed E-state index contributed by atoms with van der Waals surface area (Å²) in [5.74, 6) is -6.77. The van der Waals surface area contributed by atoms with Gasteiger partial charge in [-0.2, -0.15) is 0 Å². The molecule has 0 fully saturated rings. The second kappa shape index (κ2) is 32.7. The summed E-state index contributed by atoms with van der Waals surface area (Å²) < 4.78 is 91.1. The number of nitrogens with zero attached hydrogens (tertiary/aromatic N) is 5. The summed E-state index contributed by atoms with van der Waals surface area (Å²) in [5.41, 5.74) is 3.96. The molecule has 79 heavy (non-hydrogen) atoms. The first-order chi connectivity index (χ1) is 37.3. The van der Waals surface area contributed by atoms with Crippen molar-refractivity contribution in [2.24, 2.45) is 0 Å². The number of nitrogens with one attached hydrogen (secondary N) is 4. The van der Waals surface area contributed by atoms with Crippen molar-refractivity contribution in [2.45, 2.75) is 51.5 Å². The van der Waals surface area contributed by atoms with E-state index in [9.17, 15) is 59.3 Å². The standard InChI is InChI=1S/C32H41N7O10S.2C11H6F2N.Ir/c1-22-10-13-33-24(19-22)25-20-23(11-14-34-25)37-28(41)6-4-7-29(42)38-26(21-50(46,47)48)32(45)36-12-3-2-5-27(40)35-15-17-49-18-16-39-30(43)8-9-31(39)44;2*12-8-4-5-9(10(13)7-8)11-3-1-2-6-14-11;/h8-11,13-14,19-20,26H,2-7,12,15-18,21H2,1H3,(H,35,40)(H,36,45)(H,38,42)(H,34,37,41)(H,46,47,48);2*1-4,6-7H;/q;2*-1;/p-1. The maximum absolute atomic E-state index is 13.2. The van der Waals surface area contributed by atoms with Crippen molar-refractivity contribution in [3.8, 4) is 33.9 Å². The van der Waals surface area contributed by atoms with Crippen molar-refractivity contribution in [3.05, 3.63) is 163 Å². The number of hydrogen-bond donors (Lipinski definition) is 4. The van der Waals surface area contributed by atoms with E-state index in [4.69, 9.17) is 4.74 Å². The first-order valence-corrected chi connectivity index (χ1v) is 25.6. The number of anilines is 1. The van der Waals surface area contributed by atoms with E-state index in [0.29, 0.717) is 41.3 Å². The number of aromatic nitrogens is 4. The molecular formula is C54H52F4IrN9O10S-3. The first-order valence-electron chi connectivity index (χ1n) is 24.0. The summed E-state index contributed by atoms with van der Waals surface area (Å²) >= 11 is 0. The van der Waals surface area contributed by atoms with E-state index in [2.05, 4.69) is 53.3 Å². The number of halogens is 4. The van der Waals surface area contributed by atoms with Crippen LogP contribution in [0.5, 0.6) is 0 Å². The minimum absolute atomic E-state index is 0. The van der Waals surface area contributed by atoms with E-state index in [-0.39, 0.29) is 102 Å². The molecule has 4 N–H and O–H groups in total. The number of rotatable bonds is 23. The minimum Gasteiger partial charge on any atom is -0.748 e. The second-order valence-corrected chi connectivity index (χ2v) is 18.2. The SMILES string of the molecule is Cc1ccnc(-c2cc(NC(=O)CCCC(=O)NC(CS(=O)(=O)[O-])C(=O)NCCCCC(=O)NCCOCCN3C(=O)C=CC3=O)ccn2)c1.Fc1c[c-]c(-c2ccccn2)c(F)c1.Fc1c[c-]c(-c2ccccn2)c(F)c1.[Ir]. The number of amides is 6.